The molecule has 0 saturated carbocycles. The zero-order chi connectivity index (χ0) is 21.8. The van der Waals surface area contributed by atoms with Crippen LogP contribution in [0.3, 0.4) is 0 Å². The standard InChI is InChI=1S/C20H17IN2O6S/c1-3-22-19(24)17(30-20(22)25)10-13-8-15(21)18(16(9-13)28-2)29-11-12-5-4-6-14(7-12)23(26)27/h4-10H,3,11H2,1-2H3/b17-10+. The van der Waals surface area contributed by atoms with E-state index >= 15 is 0 Å². The van der Waals surface area contributed by atoms with Crippen molar-refractivity contribution in [2.24, 2.45) is 0 Å². The zero-order valence-corrected chi connectivity index (χ0v) is 19.1. The third-order valence-electron chi connectivity index (χ3n) is 4.24. The van der Waals surface area contributed by atoms with Crippen molar-refractivity contribution in [1.82, 2.24) is 4.90 Å². The summed E-state index contributed by atoms with van der Waals surface area (Å²) in [6, 6.07) is 9.74. The van der Waals surface area contributed by atoms with Crippen LogP contribution < -0.4 is 9.47 Å². The number of halogens is 1. The topological polar surface area (TPSA) is 99.0 Å². The molecule has 0 spiro atoms. The maximum absolute atomic E-state index is 12.3. The van der Waals surface area contributed by atoms with E-state index < -0.39 is 4.92 Å². The van der Waals surface area contributed by atoms with Gasteiger partial charge in [0.15, 0.2) is 11.5 Å². The lowest BCUT2D eigenvalue weighted by Crippen LogP contribution is -2.27. The van der Waals surface area contributed by atoms with Crippen LogP contribution in [0.15, 0.2) is 41.3 Å². The molecule has 0 atom stereocenters. The Bertz CT molecular complexity index is 1060. The Balaban J connectivity index is 1.84. The first-order valence-electron chi connectivity index (χ1n) is 8.83. The number of carbonyl (C=O) groups is 2. The van der Waals surface area contributed by atoms with E-state index in [9.17, 15) is 19.7 Å². The number of ether oxygens (including phenoxy) is 2. The second-order valence-electron chi connectivity index (χ2n) is 6.18. The highest BCUT2D eigenvalue weighted by atomic mass is 127. The average Bonchev–Trinajstić information content (AvgIpc) is 2.99. The largest absolute Gasteiger partial charge is 0.493 e. The molecule has 2 aromatic rings. The van der Waals surface area contributed by atoms with E-state index in [2.05, 4.69) is 22.6 Å². The number of nitrogens with zero attached hydrogens (tertiary/aromatic N) is 2. The second kappa shape index (κ2) is 9.47. The van der Waals surface area contributed by atoms with Crippen molar-refractivity contribution in [2.75, 3.05) is 13.7 Å². The Morgan fingerprint density at radius 1 is 1.27 bits per heavy atom. The molecule has 8 nitrogen and oxygen atoms in total. The molecule has 1 heterocycles. The number of non-ortho nitro benzene ring substituents is 1. The molecule has 2 amide bonds. The van der Waals surface area contributed by atoms with Crippen molar-refractivity contribution in [2.45, 2.75) is 13.5 Å². The van der Waals surface area contributed by atoms with Crippen LogP contribution in [0.5, 0.6) is 11.5 Å². The Morgan fingerprint density at radius 3 is 2.67 bits per heavy atom. The van der Waals surface area contributed by atoms with Gasteiger partial charge in [-0.25, -0.2) is 0 Å². The molecule has 0 bridgehead atoms. The van der Waals surface area contributed by atoms with E-state index in [1.165, 1.54) is 24.1 Å². The number of nitro groups is 1. The van der Waals surface area contributed by atoms with Gasteiger partial charge in [0.1, 0.15) is 6.61 Å². The van der Waals surface area contributed by atoms with Gasteiger partial charge in [0, 0.05) is 18.7 Å². The van der Waals surface area contributed by atoms with Crippen LogP contribution in [0.4, 0.5) is 10.5 Å². The van der Waals surface area contributed by atoms with E-state index in [1.807, 2.05) is 6.07 Å². The molecule has 0 N–H and O–H groups in total. The molecule has 30 heavy (non-hydrogen) atoms. The van der Waals surface area contributed by atoms with Crippen molar-refractivity contribution in [1.29, 1.82) is 0 Å². The van der Waals surface area contributed by atoms with Crippen LogP contribution >= 0.6 is 34.4 Å². The summed E-state index contributed by atoms with van der Waals surface area (Å²) in [5.41, 5.74) is 1.34. The number of hydrogen-bond donors (Lipinski definition) is 0. The third kappa shape index (κ3) is 4.75. The van der Waals surface area contributed by atoms with Gasteiger partial charge in [0.05, 0.1) is 20.5 Å². The first kappa shape index (κ1) is 22.1. The van der Waals surface area contributed by atoms with Gasteiger partial charge in [-0.2, -0.15) is 0 Å². The van der Waals surface area contributed by atoms with Gasteiger partial charge in [-0.1, -0.05) is 12.1 Å². The summed E-state index contributed by atoms with van der Waals surface area (Å²) in [6.45, 7) is 2.20. The summed E-state index contributed by atoms with van der Waals surface area (Å²) >= 11 is 3.00. The molecular formula is C20H17IN2O6S. The number of thioether (sulfide) groups is 1. The molecule has 0 aliphatic carbocycles. The van der Waals surface area contributed by atoms with Crippen LogP contribution in [0.2, 0.25) is 0 Å². The van der Waals surface area contributed by atoms with Crippen molar-refractivity contribution in [3.05, 3.63) is 66.1 Å². The molecule has 0 radical (unpaired) electrons. The number of amides is 2. The highest BCUT2D eigenvalue weighted by Crippen LogP contribution is 2.37. The Labute approximate surface area is 190 Å². The average molecular weight is 540 g/mol. The third-order valence-corrected chi connectivity index (χ3v) is 5.95. The minimum atomic E-state index is -0.455. The van der Waals surface area contributed by atoms with Crippen molar-refractivity contribution in [3.8, 4) is 11.5 Å². The predicted molar refractivity (Wildman–Crippen MR) is 121 cm³/mol. The molecule has 0 aromatic heterocycles. The first-order valence-corrected chi connectivity index (χ1v) is 10.7. The summed E-state index contributed by atoms with van der Waals surface area (Å²) in [6.07, 6.45) is 1.65. The van der Waals surface area contributed by atoms with E-state index in [-0.39, 0.29) is 23.4 Å². The number of carbonyl (C=O) groups excluding carboxylic acids is 2. The molecule has 156 valence electrons. The predicted octanol–water partition coefficient (Wildman–Crippen LogP) is 4.84. The highest BCUT2D eigenvalue weighted by molar-refractivity contribution is 14.1. The molecule has 3 rings (SSSR count). The smallest absolute Gasteiger partial charge is 0.293 e. The number of methoxy groups -OCH3 is 1. The summed E-state index contributed by atoms with van der Waals surface area (Å²) in [5, 5.41) is 10.6. The number of benzene rings is 2. The van der Waals surface area contributed by atoms with E-state index in [0.717, 1.165) is 15.3 Å². The van der Waals surface area contributed by atoms with Gasteiger partial charge in [0.25, 0.3) is 16.8 Å². The second-order valence-corrected chi connectivity index (χ2v) is 8.33. The van der Waals surface area contributed by atoms with Gasteiger partial charge in [-0.3, -0.25) is 24.6 Å². The maximum Gasteiger partial charge on any atom is 0.293 e. The molecule has 1 saturated heterocycles. The summed E-state index contributed by atoms with van der Waals surface area (Å²) in [7, 11) is 1.50. The van der Waals surface area contributed by atoms with Gasteiger partial charge in [0.2, 0.25) is 0 Å². The Kier molecular flexibility index (Phi) is 6.98. The summed E-state index contributed by atoms with van der Waals surface area (Å²) < 4.78 is 12.0. The molecule has 2 aromatic carbocycles. The Hall–Kier alpha value is -2.60. The quantitative estimate of drug-likeness (QED) is 0.215. The van der Waals surface area contributed by atoms with E-state index in [4.69, 9.17) is 9.47 Å². The van der Waals surface area contributed by atoms with Crippen LogP contribution in [0, 0.1) is 13.7 Å². The molecule has 0 unspecified atom stereocenters. The monoisotopic (exact) mass is 540 g/mol. The van der Waals surface area contributed by atoms with Gasteiger partial charge in [-0.05, 0) is 70.6 Å². The van der Waals surface area contributed by atoms with Crippen molar-refractivity contribution >= 4 is 57.3 Å². The summed E-state index contributed by atoms with van der Waals surface area (Å²) in [4.78, 5) is 36.2. The van der Waals surface area contributed by atoms with Crippen molar-refractivity contribution in [3.63, 3.8) is 0 Å². The SMILES string of the molecule is CCN1C(=O)S/C(=C/c2cc(I)c(OCc3cccc([N+](=O)[O-])c3)c(OC)c2)C1=O. The van der Waals surface area contributed by atoms with Gasteiger partial charge in [-0.15, -0.1) is 0 Å². The lowest BCUT2D eigenvalue weighted by molar-refractivity contribution is -0.384. The fraction of sp³-hybridized carbons (Fsp3) is 0.200. The zero-order valence-electron chi connectivity index (χ0n) is 16.1. The van der Waals surface area contributed by atoms with Crippen LogP contribution in [0.25, 0.3) is 6.08 Å². The molecule has 1 aliphatic heterocycles. The normalized spacial score (nSPS) is 15.0. The Morgan fingerprint density at radius 2 is 2.03 bits per heavy atom. The van der Waals surface area contributed by atoms with Crippen LogP contribution in [-0.2, 0) is 11.4 Å². The summed E-state index contributed by atoms with van der Waals surface area (Å²) in [5.74, 6) is 0.629. The fourth-order valence-corrected chi connectivity index (χ4v) is 4.49. The van der Waals surface area contributed by atoms with Crippen molar-refractivity contribution < 1.29 is 24.0 Å². The molecular weight excluding hydrogens is 523 g/mol. The minimum Gasteiger partial charge on any atom is -0.493 e. The maximum atomic E-state index is 12.3. The van der Waals surface area contributed by atoms with Crippen LogP contribution in [-0.4, -0.2) is 34.6 Å². The number of rotatable bonds is 7. The molecule has 10 heteroatoms. The fourth-order valence-electron chi connectivity index (χ4n) is 2.80. The number of nitro benzene ring substituents is 1. The minimum absolute atomic E-state index is 0.00543. The van der Waals surface area contributed by atoms with Gasteiger partial charge >= 0.3 is 0 Å². The van der Waals surface area contributed by atoms with Crippen LogP contribution in [0.1, 0.15) is 18.1 Å². The van der Waals surface area contributed by atoms with E-state index in [1.54, 1.807) is 31.2 Å². The highest BCUT2D eigenvalue weighted by Gasteiger charge is 2.33. The molecule has 1 fully saturated rings. The number of imide groups is 1. The lowest BCUT2D eigenvalue weighted by Gasteiger charge is -2.14. The first-order chi connectivity index (χ1) is 14.3. The van der Waals surface area contributed by atoms with Gasteiger partial charge < -0.3 is 9.47 Å². The number of hydrogen-bond acceptors (Lipinski definition) is 7. The lowest BCUT2D eigenvalue weighted by atomic mass is 10.1. The number of likely N-dealkylation sites (N-methyl/N-ethyl adjacent to an activating group) is 1. The molecule has 1 aliphatic rings. The van der Waals surface area contributed by atoms with E-state index in [0.29, 0.717) is 34.1 Å².